The van der Waals surface area contributed by atoms with Gasteiger partial charge >= 0.3 is 0 Å². The number of hydrogen-bond donors (Lipinski definition) is 4. The molecule has 4 N–H and O–H groups in total. The van der Waals surface area contributed by atoms with Crippen LogP contribution in [0.1, 0.15) is 33.4 Å². The summed E-state index contributed by atoms with van der Waals surface area (Å²) in [4.78, 5) is 17.9. The maximum absolute atomic E-state index is 10.4. The molecule has 5 rings (SSSR count). The van der Waals surface area contributed by atoms with Crippen LogP contribution in [0.5, 0.6) is 0 Å². The van der Waals surface area contributed by atoms with Gasteiger partial charge in [-0.1, -0.05) is 0 Å². The van der Waals surface area contributed by atoms with Crippen molar-refractivity contribution in [2.45, 2.75) is 62.9 Å². The van der Waals surface area contributed by atoms with Gasteiger partial charge in [0.2, 0.25) is 0 Å². The monoisotopic (exact) mass is 449 g/mol. The minimum atomic E-state index is -1.21. The van der Waals surface area contributed by atoms with Gasteiger partial charge in [0.05, 0.1) is 12.9 Å². The van der Waals surface area contributed by atoms with Crippen LogP contribution in [0.15, 0.2) is 12.7 Å². The van der Waals surface area contributed by atoms with E-state index in [2.05, 4.69) is 50.8 Å². The van der Waals surface area contributed by atoms with Crippen LogP contribution in [0, 0.1) is 0 Å². The number of thiocarbonyl (C=S) groups is 1. The van der Waals surface area contributed by atoms with E-state index in [4.69, 9.17) is 17.0 Å². The van der Waals surface area contributed by atoms with Crippen LogP contribution in [-0.4, -0.2) is 94.1 Å². The predicted molar refractivity (Wildman–Crippen MR) is 115 cm³/mol. The molecule has 1 unspecified atom stereocenters. The minimum Gasteiger partial charge on any atom is -0.394 e. The lowest BCUT2D eigenvalue weighted by molar-refractivity contribution is -0.0511. The highest BCUT2D eigenvalue weighted by Crippen LogP contribution is 2.42. The second kappa shape index (κ2) is 6.94. The number of hydrogen-bond acceptors (Lipinski definition) is 9. The lowest BCUT2D eigenvalue weighted by Crippen LogP contribution is -2.67. The van der Waals surface area contributed by atoms with E-state index in [1.165, 1.54) is 12.7 Å². The Morgan fingerprint density at radius 2 is 1.90 bits per heavy atom. The number of fused-ring (bicyclic) bond motifs is 2. The molecule has 3 aliphatic heterocycles. The minimum absolute atomic E-state index is 0.173. The summed E-state index contributed by atoms with van der Waals surface area (Å²) in [6, 6.07) is 0. The molecule has 5 heterocycles. The van der Waals surface area contributed by atoms with Gasteiger partial charge in [0.15, 0.2) is 28.3 Å². The molecule has 0 aromatic carbocycles. The fourth-order valence-electron chi connectivity index (χ4n) is 5.24. The number of nitrogens with zero attached hydrogens (tertiary/aromatic N) is 6. The summed E-state index contributed by atoms with van der Waals surface area (Å²) in [7, 11) is 0. The second-order valence-corrected chi connectivity index (χ2v) is 9.65. The molecule has 2 aromatic rings. The topological polar surface area (TPSA) is 132 Å². The number of imidazole rings is 1. The molecule has 0 radical (unpaired) electrons. The van der Waals surface area contributed by atoms with Gasteiger partial charge in [0, 0.05) is 25.0 Å². The zero-order valence-electron chi connectivity index (χ0n) is 17.6. The largest absolute Gasteiger partial charge is 0.394 e. The molecule has 0 saturated carbocycles. The Hall–Kier alpha value is -2.12. The quantitative estimate of drug-likeness (QED) is 0.445. The van der Waals surface area contributed by atoms with Crippen molar-refractivity contribution < 1.29 is 20.1 Å². The zero-order valence-corrected chi connectivity index (χ0v) is 18.5. The van der Waals surface area contributed by atoms with E-state index in [9.17, 15) is 15.3 Å². The Bertz CT molecular complexity index is 1030. The Morgan fingerprint density at radius 1 is 1.16 bits per heavy atom. The lowest BCUT2D eigenvalue weighted by Gasteiger charge is -2.52. The normalized spacial score (nSPS) is 35.0. The molecular weight excluding hydrogens is 422 g/mol. The lowest BCUT2D eigenvalue weighted by atomic mass is 9.88. The number of aliphatic hydroxyl groups is 3. The summed E-state index contributed by atoms with van der Waals surface area (Å²) >= 11 is 5.63. The number of ether oxygens (including phenoxy) is 1. The fourth-order valence-corrected chi connectivity index (χ4v) is 5.81. The van der Waals surface area contributed by atoms with E-state index in [0.717, 1.165) is 24.6 Å². The molecule has 12 heteroatoms. The van der Waals surface area contributed by atoms with Crippen molar-refractivity contribution in [2.75, 3.05) is 24.6 Å². The SMILES string of the molecule is CC1(C)CC2(C)N(CCN2c2ncnc3c2ncn3[C@@H]2O[C@H](CO)[C@@H](O)[C@H]2O)C(=S)N1. The Balaban J connectivity index is 1.55. The number of aliphatic hydroxyl groups excluding tert-OH is 3. The van der Waals surface area contributed by atoms with Crippen molar-refractivity contribution in [2.24, 2.45) is 0 Å². The summed E-state index contributed by atoms with van der Waals surface area (Å²) in [6.45, 7) is 7.51. The molecule has 0 bridgehead atoms. The number of nitrogens with one attached hydrogen (secondary N) is 1. The first-order valence-corrected chi connectivity index (χ1v) is 10.7. The van der Waals surface area contributed by atoms with Crippen LogP contribution in [0.4, 0.5) is 5.82 Å². The molecule has 31 heavy (non-hydrogen) atoms. The molecule has 3 aliphatic rings. The van der Waals surface area contributed by atoms with Gasteiger partial charge in [-0.25, -0.2) is 15.0 Å². The first kappa shape index (κ1) is 20.8. The fraction of sp³-hybridized carbons (Fsp3) is 0.684. The zero-order chi connectivity index (χ0) is 22.1. The van der Waals surface area contributed by atoms with E-state index in [1.54, 1.807) is 4.57 Å². The molecule has 3 fully saturated rings. The number of aromatic nitrogens is 4. The molecule has 0 spiro atoms. The van der Waals surface area contributed by atoms with Crippen molar-refractivity contribution in [3.05, 3.63) is 12.7 Å². The molecule has 11 nitrogen and oxygen atoms in total. The first-order chi connectivity index (χ1) is 14.7. The van der Waals surface area contributed by atoms with Crippen LogP contribution >= 0.6 is 12.2 Å². The average molecular weight is 450 g/mol. The molecule has 0 aliphatic carbocycles. The summed E-state index contributed by atoms with van der Waals surface area (Å²) in [5.41, 5.74) is 0.509. The summed E-state index contributed by atoms with van der Waals surface area (Å²) < 4.78 is 7.25. The van der Waals surface area contributed by atoms with Crippen LogP contribution in [0.25, 0.3) is 11.2 Å². The summed E-state index contributed by atoms with van der Waals surface area (Å²) in [5.74, 6) is 0.681. The van der Waals surface area contributed by atoms with Gasteiger partial charge in [-0.15, -0.1) is 0 Å². The highest BCUT2D eigenvalue weighted by atomic mass is 32.1. The van der Waals surface area contributed by atoms with Crippen LogP contribution in [0.3, 0.4) is 0 Å². The molecule has 0 amide bonds. The third kappa shape index (κ3) is 3.00. The summed E-state index contributed by atoms with van der Waals surface area (Å²) in [6.07, 6.45) is -0.377. The Morgan fingerprint density at radius 3 is 2.61 bits per heavy atom. The predicted octanol–water partition coefficient (Wildman–Crippen LogP) is -0.667. The van der Waals surface area contributed by atoms with Crippen molar-refractivity contribution in [3.63, 3.8) is 0 Å². The van der Waals surface area contributed by atoms with Gasteiger partial charge in [0.25, 0.3) is 0 Å². The Kier molecular flexibility index (Phi) is 4.65. The molecule has 168 valence electrons. The van der Waals surface area contributed by atoms with Gasteiger partial charge in [-0.05, 0) is 33.0 Å². The van der Waals surface area contributed by atoms with E-state index in [1.807, 2.05) is 0 Å². The first-order valence-electron chi connectivity index (χ1n) is 10.3. The summed E-state index contributed by atoms with van der Waals surface area (Å²) in [5, 5.41) is 34.1. The van der Waals surface area contributed by atoms with Gasteiger partial charge in [0.1, 0.15) is 30.3 Å². The number of rotatable bonds is 3. The molecule has 3 saturated heterocycles. The van der Waals surface area contributed by atoms with Gasteiger partial charge < -0.3 is 35.2 Å². The van der Waals surface area contributed by atoms with Gasteiger partial charge in [-0.2, -0.15) is 0 Å². The van der Waals surface area contributed by atoms with Crippen LogP contribution in [0.2, 0.25) is 0 Å². The van der Waals surface area contributed by atoms with Crippen molar-refractivity contribution in [3.8, 4) is 0 Å². The van der Waals surface area contributed by atoms with E-state index in [-0.39, 0.29) is 11.2 Å². The van der Waals surface area contributed by atoms with E-state index in [0.29, 0.717) is 17.0 Å². The van der Waals surface area contributed by atoms with Crippen LogP contribution < -0.4 is 10.2 Å². The van der Waals surface area contributed by atoms with Crippen LogP contribution in [-0.2, 0) is 4.74 Å². The van der Waals surface area contributed by atoms with Crippen molar-refractivity contribution in [1.82, 2.24) is 29.7 Å². The maximum Gasteiger partial charge on any atom is 0.171 e. The third-order valence-electron chi connectivity index (χ3n) is 6.56. The maximum atomic E-state index is 10.4. The highest BCUT2D eigenvalue weighted by molar-refractivity contribution is 7.80. The smallest absolute Gasteiger partial charge is 0.171 e. The average Bonchev–Trinajstić information content (AvgIpc) is 3.35. The molecule has 2 aromatic heterocycles. The molecule has 5 atom stereocenters. The van der Waals surface area contributed by atoms with Crippen molar-refractivity contribution >= 4 is 34.3 Å². The molecular formula is C19H27N7O4S. The van der Waals surface area contributed by atoms with Gasteiger partial charge in [-0.3, -0.25) is 4.57 Å². The van der Waals surface area contributed by atoms with E-state index < -0.39 is 31.1 Å². The second-order valence-electron chi connectivity index (χ2n) is 9.26. The van der Waals surface area contributed by atoms with Crippen molar-refractivity contribution in [1.29, 1.82) is 0 Å². The standard InChI is InChI=1S/C19H27N7O4S/c1-18(2)7-19(3)25(4-5-26(19)17(31)23-18)15-11-14(20-8-21-15)24(9-22-11)16-13(29)12(28)10(6-27)30-16/h8-10,12-13,16,27-29H,4-7H2,1-3H3,(H,23,31)/t10-,12-,13-,16-,19?/m1/s1. The Labute approximate surface area is 184 Å². The van der Waals surface area contributed by atoms with E-state index >= 15 is 0 Å². The highest BCUT2D eigenvalue weighted by Gasteiger charge is 2.52. The number of anilines is 1. The third-order valence-corrected chi connectivity index (χ3v) is 6.89.